The number of hydrogen-bond donors (Lipinski definition) is 2. The summed E-state index contributed by atoms with van der Waals surface area (Å²) in [5.41, 5.74) is 0.666. The van der Waals surface area contributed by atoms with Crippen LogP contribution in [0, 0.1) is 18.2 Å². The molecule has 244 valence electrons. The fraction of sp³-hybridized carbons (Fsp3) is 0.469. The van der Waals surface area contributed by atoms with Gasteiger partial charge in [-0.3, -0.25) is 10.2 Å². The zero-order valence-corrected chi connectivity index (χ0v) is 26.7. The zero-order chi connectivity index (χ0) is 33.0. The number of pyridine rings is 2. The first-order valence-electron chi connectivity index (χ1n) is 15.1. The van der Waals surface area contributed by atoms with Crippen LogP contribution in [0.4, 0.5) is 30.3 Å². The number of hydrogen-bond acceptors (Lipinski definition) is 8. The van der Waals surface area contributed by atoms with E-state index in [4.69, 9.17) is 25.8 Å². The highest BCUT2D eigenvalue weighted by Crippen LogP contribution is 2.50. The molecule has 0 atom stereocenters. The quantitative estimate of drug-likeness (QED) is 0.305. The average Bonchev–Trinajstić information content (AvgIpc) is 2.97. The molecule has 3 aliphatic rings. The van der Waals surface area contributed by atoms with Crippen LogP contribution in [-0.4, -0.2) is 76.2 Å². The van der Waals surface area contributed by atoms with E-state index in [9.17, 15) is 19.5 Å². The first-order valence-corrected chi connectivity index (χ1v) is 15.5. The Morgan fingerprint density at radius 2 is 1.83 bits per heavy atom. The molecular weight excluding hydrogens is 621 g/mol. The molecule has 4 heterocycles. The summed E-state index contributed by atoms with van der Waals surface area (Å²) in [6.07, 6.45) is 3.47. The van der Waals surface area contributed by atoms with E-state index in [0.29, 0.717) is 47.8 Å². The molecule has 2 aliphatic heterocycles. The fourth-order valence-electron chi connectivity index (χ4n) is 6.47. The van der Waals surface area contributed by atoms with Crippen molar-refractivity contribution >= 4 is 52.2 Å². The minimum atomic E-state index is -1.17. The van der Waals surface area contributed by atoms with E-state index in [1.54, 1.807) is 24.0 Å². The van der Waals surface area contributed by atoms with E-state index >= 15 is 4.39 Å². The number of nitrogens with zero attached hydrogens (tertiary/aromatic N) is 4. The topological polar surface area (TPSA) is 143 Å². The van der Waals surface area contributed by atoms with E-state index in [1.165, 1.54) is 12.4 Å². The second-order valence-electron chi connectivity index (χ2n) is 13.1. The molecule has 1 saturated carbocycles. The molecule has 3 amide bonds. The Hall–Kier alpha value is -4.39. The Morgan fingerprint density at radius 3 is 2.50 bits per heavy atom. The molecule has 0 radical (unpaired) electrons. The van der Waals surface area contributed by atoms with Crippen molar-refractivity contribution in [2.24, 2.45) is 5.41 Å². The van der Waals surface area contributed by atoms with Gasteiger partial charge in [0.15, 0.2) is 0 Å². The van der Waals surface area contributed by atoms with E-state index in [-0.39, 0.29) is 58.7 Å². The molecule has 0 bridgehead atoms. The van der Waals surface area contributed by atoms with Crippen molar-refractivity contribution in [1.82, 2.24) is 14.9 Å². The van der Waals surface area contributed by atoms with E-state index < -0.39 is 23.6 Å². The highest BCUT2D eigenvalue weighted by molar-refractivity contribution is 6.36. The maximum atomic E-state index is 15.6. The molecule has 6 rings (SSSR count). The van der Waals surface area contributed by atoms with Crippen LogP contribution in [0.1, 0.15) is 52.0 Å². The van der Waals surface area contributed by atoms with Gasteiger partial charge in [-0.25, -0.2) is 28.7 Å². The van der Waals surface area contributed by atoms with Gasteiger partial charge < -0.3 is 24.2 Å². The molecule has 1 spiro atoms. The molecule has 12 nitrogen and oxygen atoms in total. The largest absolute Gasteiger partial charge is 0.474 e. The molecule has 14 heteroatoms. The van der Waals surface area contributed by atoms with Gasteiger partial charge in [-0.2, -0.15) is 0 Å². The highest BCUT2D eigenvalue weighted by atomic mass is 35.5. The van der Waals surface area contributed by atoms with Gasteiger partial charge >= 0.3 is 18.3 Å². The van der Waals surface area contributed by atoms with Gasteiger partial charge in [0.1, 0.15) is 35.6 Å². The average molecular weight is 656 g/mol. The molecule has 2 aromatic heterocycles. The van der Waals surface area contributed by atoms with E-state index in [0.717, 1.165) is 17.7 Å². The Balaban J connectivity index is 1.13. The predicted octanol–water partition coefficient (Wildman–Crippen LogP) is 7.00. The van der Waals surface area contributed by atoms with Crippen molar-refractivity contribution in [2.75, 3.05) is 36.5 Å². The lowest BCUT2D eigenvalue weighted by atomic mass is 9.61. The van der Waals surface area contributed by atoms with Gasteiger partial charge in [-0.05, 0) is 81.9 Å². The lowest BCUT2D eigenvalue weighted by Crippen LogP contribution is -2.52. The van der Waals surface area contributed by atoms with Crippen molar-refractivity contribution in [3.63, 3.8) is 0 Å². The van der Waals surface area contributed by atoms with Gasteiger partial charge in [0.25, 0.3) is 0 Å². The van der Waals surface area contributed by atoms with E-state index in [1.807, 2.05) is 20.8 Å². The van der Waals surface area contributed by atoms with Crippen LogP contribution in [0.25, 0.3) is 21.9 Å². The third-order valence-corrected chi connectivity index (χ3v) is 9.19. The molecule has 3 aromatic rings. The number of anilines is 2. The number of halogens is 2. The number of aromatic nitrogens is 2. The molecule has 1 aliphatic carbocycles. The summed E-state index contributed by atoms with van der Waals surface area (Å²) in [4.78, 5) is 48.3. The van der Waals surface area contributed by atoms with Crippen molar-refractivity contribution in [3.8, 4) is 17.0 Å². The maximum Gasteiger partial charge on any atom is 0.413 e. The number of rotatable bonds is 3. The van der Waals surface area contributed by atoms with Crippen molar-refractivity contribution in [3.05, 3.63) is 40.9 Å². The van der Waals surface area contributed by atoms with Crippen molar-refractivity contribution in [2.45, 2.75) is 65.1 Å². The van der Waals surface area contributed by atoms with Crippen LogP contribution in [0.3, 0.4) is 0 Å². The highest BCUT2D eigenvalue weighted by Gasteiger charge is 2.48. The summed E-state index contributed by atoms with van der Waals surface area (Å²) < 4.78 is 32.3. The van der Waals surface area contributed by atoms with E-state index in [2.05, 4.69) is 15.3 Å². The Bertz CT molecular complexity index is 1730. The minimum Gasteiger partial charge on any atom is -0.474 e. The summed E-state index contributed by atoms with van der Waals surface area (Å²) in [6.45, 7) is 8.68. The van der Waals surface area contributed by atoms with Crippen molar-refractivity contribution < 1.29 is 38.1 Å². The van der Waals surface area contributed by atoms with Gasteiger partial charge in [0, 0.05) is 42.0 Å². The number of likely N-dealkylation sites (tertiary alicyclic amines) is 1. The SMILES string of the molecule is Cc1c(-c2cc3cc(NC(=O)OC4CC5(CCN(C(=O)OC(C)(C)C)CC5)C4)ncc3c(Cl)c2F)cnc2c1N(C(=O)O)CCO2. The summed E-state index contributed by atoms with van der Waals surface area (Å²) in [6, 6.07) is 3.12. The minimum absolute atomic E-state index is 0.0408. The van der Waals surface area contributed by atoms with Crippen LogP contribution >= 0.6 is 11.6 Å². The molecular formula is C32H35ClFN5O7. The van der Waals surface area contributed by atoms with Crippen LogP contribution in [0.5, 0.6) is 5.88 Å². The van der Waals surface area contributed by atoms with Crippen LogP contribution in [0.2, 0.25) is 5.02 Å². The van der Waals surface area contributed by atoms with Crippen LogP contribution in [0.15, 0.2) is 24.5 Å². The number of piperidine rings is 1. The lowest BCUT2D eigenvalue weighted by molar-refractivity contribution is -0.0716. The number of nitrogens with one attached hydrogen (secondary N) is 1. The Morgan fingerprint density at radius 1 is 1.11 bits per heavy atom. The monoisotopic (exact) mass is 655 g/mol. The summed E-state index contributed by atoms with van der Waals surface area (Å²) in [5, 5.41) is 13.0. The molecule has 46 heavy (non-hydrogen) atoms. The van der Waals surface area contributed by atoms with Crippen LogP contribution < -0.4 is 15.0 Å². The Labute approximate surface area is 269 Å². The number of carbonyl (C=O) groups is 3. The smallest absolute Gasteiger partial charge is 0.413 e. The first-order chi connectivity index (χ1) is 21.7. The number of amides is 3. The van der Waals surface area contributed by atoms with Crippen LogP contribution in [-0.2, 0) is 9.47 Å². The lowest BCUT2D eigenvalue weighted by Gasteiger charge is -2.51. The second-order valence-corrected chi connectivity index (χ2v) is 13.5. The maximum absolute atomic E-state index is 15.6. The number of carbonyl (C=O) groups excluding carboxylic acids is 2. The Kier molecular flexibility index (Phi) is 8.07. The molecule has 1 aromatic carbocycles. The molecule has 0 unspecified atom stereocenters. The van der Waals surface area contributed by atoms with Gasteiger partial charge in [0.05, 0.1) is 11.6 Å². The second kappa shape index (κ2) is 11.8. The number of benzene rings is 1. The van der Waals surface area contributed by atoms with Gasteiger partial charge in [-0.15, -0.1) is 0 Å². The van der Waals surface area contributed by atoms with Gasteiger partial charge in [-0.1, -0.05) is 11.6 Å². The fourth-order valence-corrected chi connectivity index (χ4v) is 6.73. The van der Waals surface area contributed by atoms with Gasteiger partial charge in [0.2, 0.25) is 5.88 Å². The van der Waals surface area contributed by atoms with Crippen molar-refractivity contribution in [1.29, 1.82) is 0 Å². The standard InChI is InChI=1S/C32H35ClFN5O7/c1-17-21(15-36-27-26(17)39(29(41)42)9-10-44-27)20-11-18-12-23(35-16-22(18)24(33)25(20)34)37-28(40)45-19-13-32(14-19)5-7-38(8-6-32)30(43)46-31(2,3)4/h11-12,15-16,19H,5-10,13-14H2,1-4H3,(H,41,42)(H,35,37,40). The third-order valence-electron chi connectivity index (χ3n) is 8.82. The first kappa shape index (κ1) is 31.6. The summed E-state index contributed by atoms with van der Waals surface area (Å²) in [5.74, 6) is -0.369. The number of fused-ring (bicyclic) bond motifs is 2. The molecule has 2 N–H and O–H groups in total. The molecule has 1 saturated heterocycles. The summed E-state index contributed by atoms with van der Waals surface area (Å²) in [7, 11) is 0. The normalized spacial score (nSPS) is 17.6. The summed E-state index contributed by atoms with van der Waals surface area (Å²) >= 11 is 6.43. The predicted molar refractivity (Wildman–Crippen MR) is 168 cm³/mol. The molecule has 2 fully saturated rings. The number of carboxylic acid groups (broad SMARTS) is 1. The third kappa shape index (κ3) is 6.07. The number of ether oxygens (including phenoxy) is 3. The zero-order valence-electron chi connectivity index (χ0n) is 26.0.